The molecule has 2 atom stereocenters. The molecule has 1 amide bonds. The number of nitrogens with zero attached hydrogens (tertiary/aromatic N) is 2. The number of aromatic nitrogens is 2. The van der Waals surface area contributed by atoms with E-state index in [2.05, 4.69) is 15.5 Å². The Morgan fingerprint density at radius 3 is 2.48 bits per heavy atom. The van der Waals surface area contributed by atoms with E-state index in [1.807, 2.05) is 12.2 Å². The molecule has 0 radical (unpaired) electrons. The molecule has 0 aliphatic heterocycles. The van der Waals surface area contributed by atoms with Crippen molar-refractivity contribution in [3.63, 3.8) is 0 Å². The van der Waals surface area contributed by atoms with Crippen LogP contribution < -0.4 is 5.32 Å². The minimum Gasteiger partial charge on any atom is -0.481 e. The lowest BCUT2D eigenvalue weighted by Crippen LogP contribution is -2.34. The van der Waals surface area contributed by atoms with Gasteiger partial charge in [0.2, 0.25) is 11.0 Å². The van der Waals surface area contributed by atoms with Crippen LogP contribution in [0.3, 0.4) is 0 Å². The second-order valence-electron chi connectivity index (χ2n) is 6.26. The molecule has 2 aliphatic rings. The number of aliphatic carboxylic acids is 1. The van der Waals surface area contributed by atoms with Crippen LogP contribution in [0, 0.1) is 11.8 Å². The van der Waals surface area contributed by atoms with Gasteiger partial charge in [-0.3, -0.25) is 9.59 Å². The molecule has 0 spiro atoms. The zero-order valence-corrected chi connectivity index (χ0v) is 13.7. The van der Waals surface area contributed by atoms with Crippen molar-refractivity contribution in [2.75, 3.05) is 5.32 Å². The monoisotopic (exact) mass is 335 g/mol. The largest absolute Gasteiger partial charge is 0.481 e. The van der Waals surface area contributed by atoms with Crippen molar-refractivity contribution in [2.45, 2.75) is 50.9 Å². The molecule has 1 saturated carbocycles. The van der Waals surface area contributed by atoms with E-state index in [1.54, 1.807) is 0 Å². The average molecular weight is 335 g/mol. The second-order valence-corrected chi connectivity index (χ2v) is 7.27. The lowest BCUT2D eigenvalue weighted by Gasteiger charge is -2.23. The molecular weight excluding hydrogens is 314 g/mol. The van der Waals surface area contributed by atoms with Gasteiger partial charge in [0.1, 0.15) is 5.01 Å². The number of anilines is 1. The highest BCUT2D eigenvalue weighted by atomic mass is 32.1. The lowest BCUT2D eigenvalue weighted by molar-refractivity contribution is -0.146. The van der Waals surface area contributed by atoms with Crippen LogP contribution in [0.25, 0.3) is 0 Å². The number of carboxylic acid groups (broad SMARTS) is 1. The Balaban J connectivity index is 1.64. The molecule has 2 aliphatic carbocycles. The van der Waals surface area contributed by atoms with Crippen molar-refractivity contribution in [3.8, 4) is 0 Å². The third-order valence-electron chi connectivity index (χ3n) is 4.71. The number of allylic oxidation sites excluding steroid dienone is 2. The third kappa shape index (κ3) is 3.77. The van der Waals surface area contributed by atoms with Gasteiger partial charge in [0.25, 0.3) is 0 Å². The van der Waals surface area contributed by atoms with Crippen molar-refractivity contribution in [3.05, 3.63) is 17.2 Å². The first-order valence-electron chi connectivity index (χ1n) is 8.17. The van der Waals surface area contributed by atoms with Crippen molar-refractivity contribution in [1.29, 1.82) is 0 Å². The van der Waals surface area contributed by atoms with E-state index in [0.29, 0.717) is 23.9 Å². The zero-order valence-electron chi connectivity index (χ0n) is 12.9. The van der Waals surface area contributed by atoms with E-state index in [-0.39, 0.29) is 5.91 Å². The predicted octanol–water partition coefficient (Wildman–Crippen LogP) is 3.19. The Hall–Kier alpha value is -1.76. The Labute approximate surface area is 139 Å². The summed E-state index contributed by atoms with van der Waals surface area (Å²) in [5.74, 6) is -1.94. The number of hydrogen-bond donors (Lipinski definition) is 2. The van der Waals surface area contributed by atoms with E-state index in [1.165, 1.54) is 30.6 Å². The van der Waals surface area contributed by atoms with Gasteiger partial charge in [-0.1, -0.05) is 42.8 Å². The maximum Gasteiger partial charge on any atom is 0.307 e. The summed E-state index contributed by atoms with van der Waals surface area (Å²) in [4.78, 5) is 23.7. The number of rotatable bonds is 4. The van der Waals surface area contributed by atoms with Crippen LogP contribution in [-0.4, -0.2) is 27.2 Å². The summed E-state index contributed by atoms with van der Waals surface area (Å²) in [5, 5.41) is 21.8. The van der Waals surface area contributed by atoms with Gasteiger partial charge in [-0.25, -0.2) is 0 Å². The number of carbonyl (C=O) groups is 2. The number of amides is 1. The smallest absolute Gasteiger partial charge is 0.307 e. The Kier molecular flexibility index (Phi) is 5.05. The zero-order chi connectivity index (χ0) is 16.2. The van der Waals surface area contributed by atoms with Crippen LogP contribution in [0.15, 0.2) is 12.2 Å². The molecular formula is C16H21N3O3S. The van der Waals surface area contributed by atoms with Crippen molar-refractivity contribution < 1.29 is 14.7 Å². The van der Waals surface area contributed by atoms with Gasteiger partial charge in [0, 0.05) is 5.92 Å². The highest BCUT2D eigenvalue weighted by molar-refractivity contribution is 7.15. The summed E-state index contributed by atoms with van der Waals surface area (Å²) in [7, 11) is 0. The molecule has 0 aromatic carbocycles. The molecule has 7 heteroatoms. The van der Waals surface area contributed by atoms with Crippen LogP contribution in [-0.2, 0) is 9.59 Å². The van der Waals surface area contributed by atoms with Gasteiger partial charge < -0.3 is 10.4 Å². The topological polar surface area (TPSA) is 92.2 Å². The summed E-state index contributed by atoms with van der Waals surface area (Å²) in [6.45, 7) is 0. The van der Waals surface area contributed by atoms with E-state index in [4.69, 9.17) is 0 Å². The molecule has 1 heterocycles. The number of nitrogens with one attached hydrogen (secondary N) is 1. The molecule has 6 nitrogen and oxygen atoms in total. The molecule has 0 unspecified atom stereocenters. The van der Waals surface area contributed by atoms with Crippen LogP contribution in [0.1, 0.15) is 55.9 Å². The Bertz CT molecular complexity index is 607. The average Bonchev–Trinajstić information content (AvgIpc) is 3.04. The first kappa shape index (κ1) is 16.1. The van der Waals surface area contributed by atoms with Gasteiger partial charge in [0.15, 0.2) is 0 Å². The van der Waals surface area contributed by atoms with Crippen LogP contribution >= 0.6 is 11.3 Å². The fraction of sp³-hybridized carbons (Fsp3) is 0.625. The van der Waals surface area contributed by atoms with E-state index in [9.17, 15) is 14.7 Å². The summed E-state index contributed by atoms with van der Waals surface area (Å²) >= 11 is 1.42. The molecule has 2 N–H and O–H groups in total. The van der Waals surface area contributed by atoms with Gasteiger partial charge in [-0.15, -0.1) is 10.2 Å². The fourth-order valence-corrected chi connectivity index (χ4v) is 4.29. The van der Waals surface area contributed by atoms with Gasteiger partial charge in [-0.05, 0) is 25.7 Å². The second kappa shape index (κ2) is 7.21. The van der Waals surface area contributed by atoms with E-state index >= 15 is 0 Å². The van der Waals surface area contributed by atoms with Crippen LogP contribution in [0.5, 0.6) is 0 Å². The normalized spacial score (nSPS) is 25.2. The Morgan fingerprint density at radius 1 is 1.09 bits per heavy atom. The van der Waals surface area contributed by atoms with Crippen LogP contribution in [0.2, 0.25) is 0 Å². The van der Waals surface area contributed by atoms with Crippen LogP contribution in [0.4, 0.5) is 5.13 Å². The SMILES string of the molecule is O=C(O)[C@@H]1CC=CC[C@H]1C(=O)Nc1nnc(C2CCCCC2)s1. The molecule has 0 saturated heterocycles. The standard InChI is InChI=1S/C16H21N3O3S/c20-13(11-8-4-5-9-12(11)15(21)22)17-16-19-18-14(23-16)10-6-2-1-3-7-10/h4-5,10-12H,1-3,6-9H2,(H,21,22)(H,17,19,20)/t11-,12-/m1/s1. The Morgan fingerprint density at radius 2 is 1.78 bits per heavy atom. The highest BCUT2D eigenvalue weighted by Gasteiger charge is 2.34. The number of carboxylic acids is 1. The summed E-state index contributed by atoms with van der Waals surface area (Å²) in [6, 6.07) is 0. The molecule has 1 aromatic heterocycles. The maximum atomic E-state index is 12.4. The molecule has 124 valence electrons. The molecule has 1 aromatic rings. The maximum absolute atomic E-state index is 12.4. The van der Waals surface area contributed by atoms with Crippen molar-refractivity contribution in [2.24, 2.45) is 11.8 Å². The highest BCUT2D eigenvalue weighted by Crippen LogP contribution is 2.35. The summed E-state index contributed by atoms with van der Waals surface area (Å²) < 4.78 is 0. The minimum atomic E-state index is -0.922. The summed E-state index contributed by atoms with van der Waals surface area (Å²) in [6.07, 6.45) is 10.6. The fourth-order valence-electron chi connectivity index (χ4n) is 3.37. The van der Waals surface area contributed by atoms with Crippen molar-refractivity contribution >= 4 is 28.3 Å². The number of carbonyl (C=O) groups excluding carboxylic acids is 1. The van der Waals surface area contributed by atoms with Crippen molar-refractivity contribution in [1.82, 2.24) is 10.2 Å². The third-order valence-corrected chi connectivity index (χ3v) is 5.71. The van der Waals surface area contributed by atoms with Gasteiger partial charge in [-0.2, -0.15) is 0 Å². The number of hydrogen-bond acceptors (Lipinski definition) is 5. The van der Waals surface area contributed by atoms with E-state index in [0.717, 1.165) is 17.8 Å². The minimum absolute atomic E-state index is 0.270. The van der Waals surface area contributed by atoms with Gasteiger partial charge >= 0.3 is 5.97 Å². The first-order valence-corrected chi connectivity index (χ1v) is 8.99. The lowest BCUT2D eigenvalue weighted by atomic mass is 9.82. The molecule has 0 bridgehead atoms. The van der Waals surface area contributed by atoms with E-state index < -0.39 is 17.8 Å². The van der Waals surface area contributed by atoms with Gasteiger partial charge in [0.05, 0.1) is 11.8 Å². The molecule has 1 fully saturated rings. The molecule has 23 heavy (non-hydrogen) atoms. The molecule has 3 rings (SSSR count). The summed E-state index contributed by atoms with van der Waals surface area (Å²) in [5.41, 5.74) is 0. The predicted molar refractivity (Wildman–Crippen MR) is 87.4 cm³/mol. The first-order chi connectivity index (χ1) is 11.1. The quantitative estimate of drug-likeness (QED) is 0.824.